The van der Waals surface area contributed by atoms with E-state index in [4.69, 9.17) is 4.74 Å². The zero-order chi connectivity index (χ0) is 14.0. The fraction of sp³-hybridized carbons (Fsp3) is 0.462. The maximum absolute atomic E-state index is 12.0. The molecule has 1 aliphatic heterocycles. The molecule has 1 aliphatic rings. The van der Waals surface area contributed by atoms with Gasteiger partial charge in [-0.05, 0) is 25.8 Å². The van der Waals surface area contributed by atoms with E-state index in [9.17, 15) is 14.9 Å². The Morgan fingerprint density at radius 3 is 2.74 bits per heavy atom. The summed E-state index contributed by atoms with van der Waals surface area (Å²) in [6.07, 6.45) is 1.75. The van der Waals surface area contributed by atoms with Crippen molar-refractivity contribution in [2.75, 3.05) is 18.6 Å². The lowest BCUT2D eigenvalue weighted by atomic mass is 10.0. The van der Waals surface area contributed by atoms with Crippen LogP contribution in [0.25, 0.3) is 0 Å². The van der Waals surface area contributed by atoms with Crippen LogP contribution in [0.1, 0.15) is 25.3 Å². The first-order valence-corrected chi connectivity index (χ1v) is 6.24. The number of nitro groups is 1. The predicted molar refractivity (Wildman–Crippen MR) is 70.6 cm³/mol. The van der Waals surface area contributed by atoms with Crippen LogP contribution in [-0.4, -0.2) is 24.5 Å². The number of hydrogen-bond donors (Lipinski definition) is 0. The molecule has 0 radical (unpaired) electrons. The number of ether oxygens (including phenoxy) is 1. The summed E-state index contributed by atoms with van der Waals surface area (Å²) in [5, 5.41) is 11.0. The number of methoxy groups -OCH3 is 1. The van der Waals surface area contributed by atoms with Gasteiger partial charge >= 0.3 is 5.69 Å². The Bertz CT molecular complexity index is 528. The van der Waals surface area contributed by atoms with Crippen LogP contribution >= 0.6 is 0 Å². The second kappa shape index (κ2) is 5.26. The molecule has 0 bridgehead atoms. The number of benzene rings is 1. The van der Waals surface area contributed by atoms with Gasteiger partial charge in [-0.2, -0.15) is 0 Å². The molecule has 0 saturated carbocycles. The summed E-state index contributed by atoms with van der Waals surface area (Å²) >= 11 is 0. The van der Waals surface area contributed by atoms with E-state index in [1.807, 2.05) is 6.92 Å². The Labute approximate surface area is 111 Å². The zero-order valence-electron chi connectivity index (χ0n) is 11.0. The van der Waals surface area contributed by atoms with Gasteiger partial charge in [0.1, 0.15) is 0 Å². The van der Waals surface area contributed by atoms with E-state index in [0.717, 1.165) is 11.3 Å². The minimum atomic E-state index is -0.456. The van der Waals surface area contributed by atoms with Crippen LogP contribution < -0.4 is 9.64 Å². The second-order valence-corrected chi connectivity index (χ2v) is 4.36. The highest BCUT2D eigenvalue weighted by Gasteiger charge is 2.28. The molecule has 0 saturated heterocycles. The zero-order valence-corrected chi connectivity index (χ0v) is 11.0. The molecule has 1 amide bonds. The van der Waals surface area contributed by atoms with Gasteiger partial charge in [0.2, 0.25) is 11.7 Å². The summed E-state index contributed by atoms with van der Waals surface area (Å²) in [7, 11) is 1.42. The van der Waals surface area contributed by atoms with Gasteiger partial charge in [0, 0.05) is 24.6 Å². The van der Waals surface area contributed by atoms with Crippen molar-refractivity contribution in [3.05, 3.63) is 27.8 Å². The molecular weight excluding hydrogens is 248 g/mol. The Morgan fingerprint density at radius 1 is 1.42 bits per heavy atom. The van der Waals surface area contributed by atoms with Crippen molar-refractivity contribution >= 4 is 17.3 Å². The fourth-order valence-corrected chi connectivity index (χ4v) is 2.50. The molecule has 0 aromatic heterocycles. The number of fused-ring (bicyclic) bond motifs is 1. The minimum Gasteiger partial charge on any atom is -0.490 e. The quantitative estimate of drug-likeness (QED) is 0.620. The minimum absolute atomic E-state index is 0.0494. The lowest BCUT2D eigenvalue weighted by molar-refractivity contribution is -0.385. The normalized spacial score (nSPS) is 14.8. The molecular formula is C13H16N2O4. The second-order valence-electron chi connectivity index (χ2n) is 4.36. The van der Waals surface area contributed by atoms with Crippen LogP contribution in [0.4, 0.5) is 11.4 Å². The molecule has 0 fully saturated rings. The average molecular weight is 264 g/mol. The number of anilines is 1. The number of nitro benzene ring substituents is 1. The van der Waals surface area contributed by atoms with E-state index >= 15 is 0 Å². The van der Waals surface area contributed by atoms with Gasteiger partial charge in [-0.15, -0.1) is 0 Å². The van der Waals surface area contributed by atoms with Crippen molar-refractivity contribution in [3.63, 3.8) is 0 Å². The van der Waals surface area contributed by atoms with Gasteiger partial charge in [-0.1, -0.05) is 0 Å². The molecule has 1 aromatic carbocycles. The summed E-state index contributed by atoms with van der Waals surface area (Å²) in [6.45, 7) is 2.44. The summed E-state index contributed by atoms with van der Waals surface area (Å²) in [4.78, 5) is 24.2. The smallest absolute Gasteiger partial charge is 0.311 e. The lowest BCUT2D eigenvalue weighted by Gasteiger charge is -2.22. The molecule has 0 spiro atoms. The van der Waals surface area contributed by atoms with Crippen molar-refractivity contribution < 1.29 is 14.5 Å². The van der Waals surface area contributed by atoms with Gasteiger partial charge in [0.25, 0.3) is 0 Å². The topological polar surface area (TPSA) is 72.7 Å². The molecule has 0 N–H and O–H groups in total. The molecule has 6 heteroatoms. The Hall–Kier alpha value is -2.11. The van der Waals surface area contributed by atoms with Crippen molar-refractivity contribution in [2.24, 2.45) is 0 Å². The van der Waals surface area contributed by atoms with Gasteiger partial charge < -0.3 is 9.64 Å². The third-order valence-electron chi connectivity index (χ3n) is 3.34. The standard InChI is InChI=1S/C13H16N2O4/c1-3-14-10-7-8-11(15(17)18)13(19-2)9(10)5-4-6-12(14)16/h7-8H,3-6H2,1-2H3. The number of amides is 1. The maximum atomic E-state index is 12.0. The van der Waals surface area contributed by atoms with E-state index < -0.39 is 4.92 Å². The molecule has 19 heavy (non-hydrogen) atoms. The van der Waals surface area contributed by atoms with Gasteiger partial charge in [-0.3, -0.25) is 14.9 Å². The van der Waals surface area contributed by atoms with E-state index in [2.05, 4.69) is 0 Å². The molecule has 102 valence electrons. The Balaban J connectivity index is 2.63. The van der Waals surface area contributed by atoms with Crippen LogP contribution in [0.15, 0.2) is 12.1 Å². The highest BCUT2D eigenvalue weighted by Crippen LogP contribution is 2.40. The number of carbonyl (C=O) groups excluding carboxylic acids is 1. The SMILES string of the molecule is CCN1C(=O)CCCc2c1ccc([N+](=O)[O-])c2OC. The fourth-order valence-electron chi connectivity index (χ4n) is 2.50. The van der Waals surface area contributed by atoms with Crippen LogP contribution in [0.3, 0.4) is 0 Å². The van der Waals surface area contributed by atoms with Gasteiger partial charge in [0.05, 0.1) is 17.7 Å². The molecule has 0 atom stereocenters. The summed E-state index contributed by atoms with van der Waals surface area (Å²) < 4.78 is 5.21. The third-order valence-corrected chi connectivity index (χ3v) is 3.34. The van der Waals surface area contributed by atoms with E-state index in [1.165, 1.54) is 13.2 Å². The molecule has 1 heterocycles. The van der Waals surface area contributed by atoms with Crippen molar-refractivity contribution in [2.45, 2.75) is 26.2 Å². The largest absolute Gasteiger partial charge is 0.490 e. The van der Waals surface area contributed by atoms with Crippen LogP contribution in [0, 0.1) is 10.1 Å². The van der Waals surface area contributed by atoms with E-state index in [-0.39, 0.29) is 17.3 Å². The first kappa shape index (κ1) is 13.3. The Morgan fingerprint density at radius 2 is 2.16 bits per heavy atom. The van der Waals surface area contributed by atoms with E-state index in [0.29, 0.717) is 25.8 Å². The Kier molecular flexibility index (Phi) is 3.69. The van der Waals surface area contributed by atoms with Gasteiger partial charge in [-0.25, -0.2) is 0 Å². The first-order valence-electron chi connectivity index (χ1n) is 6.24. The predicted octanol–water partition coefficient (Wildman–Crippen LogP) is 2.29. The molecule has 1 aromatic rings. The van der Waals surface area contributed by atoms with Gasteiger partial charge in [0.15, 0.2) is 0 Å². The lowest BCUT2D eigenvalue weighted by Crippen LogP contribution is -2.29. The van der Waals surface area contributed by atoms with Crippen LogP contribution in [0.5, 0.6) is 5.75 Å². The van der Waals surface area contributed by atoms with Crippen molar-refractivity contribution in [1.29, 1.82) is 0 Å². The molecule has 0 aliphatic carbocycles. The van der Waals surface area contributed by atoms with Crippen LogP contribution in [0.2, 0.25) is 0 Å². The summed E-state index contributed by atoms with van der Waals surface area (Å²) in [6, 6.07) is 3.04. The molecule has 0 unspecified atom stereocenters. The highest BCUT2D eigenvalue weighted by atomic mass is 16.6. The monoisotopic (exact) mass is 264 g/mol. The summed E-state index contributed by atoms with van der Waals surface area (Å²) in [5.41, 5.74) is 1.43. The molecule has 6 nitrogen and oxygen atoms in total. The maximum Gasteiger partial charge on any atom is 0.311 e. The van der Waals surface area contributed by atoms with E-state index in [1.54, 1.807) is 11.0 Å². The first-order chi connectivity index (χ1) is 9.10. The number of nitrogens with zero attached hydrogens (tertiary/aromatic N) is 2. The van der Waals surface area contributed by atoms with Crippen LogP contribution in [-0.2, 0) is 11.2 Å². The van der Waals surface area contributed by atoms with Crippen molar-refractivity contribution in [1.82, 2.24) is 0 Å². The summed E-state index contributed by atoms with van der Waals surface area (Å²) in [5.74, 6) is 0.327. The van der Waals surface area contributed by atoms with Crippen molar-refractivity contribution in [3.8, 4) is 5.75 Å². The molecule has 2 rings (SSSR count). The third kappa shape index (κ3) is 2.25. The average Bonchev–Trinajstić information content (AvgIpc) is 2.55. The highest BCUT2D eigenvalue weighted by molar-refractivity contribution is 5.95. The number of hydrogen-bond acceptors (Lipinski definition) is 4. The number of carbonyl (C=O) groups is 1. The number of rotatable bonds is 3.